The van der Waals surface area contributed by atoms with Crippen molar-refractivity contribution in [3.63, 3.8) is 0 Å². The molecule has 2 heterocycles. The van der Waals surface area contributed by atoms with Gasteiger partial charge in [0.15, 0.2) is 11.5 Å². The second-order valence-corrected chi connectivity index (χ2v) is 5.07. The zero-order chi connectivity index (χ0) is 14.7. The highest BCUT2D eigenvalue weighted by Crippen LogP contribution is 2.28. The lowest BCUT2D eigenvalue weighted by molar-refractivity contribution is -0.118. The molecular weight excluding hydrogens is 286 g/mol. The fraction of sp³-hybridized carbons (Fsp3) is 0.273. The standard InChI is InChI=1S/C11H11N3O5S/c1-5-3-7(9(20-5)10(16)17)18-4-8(15)12-11-14-13-6(2)19-11/h3H,4H2,1-2H3,(H,16,17)(H,12,14,15). The molecule has 0 aliphatic carbocycles. The Kier molecular flexibility index (Phi) is 3.99. The first-order chi connectivity index (χ1) is 9.45. The van der Waals surface area contributed by atoms with Crippen LogP contribution in [0.5, 0.6) is 5.75 Å². The van der Waals surface area contributed by atoms with E-state index in [4.69, 9.17) is 14.3 Å². The number of hydrogen-bond acceptors (Lipinski definition) is 7. The molecule has 0 spiro atoms. The first-order valence-corrected chi connectivity index (χ1v) is 6.34. The van der Waals surface area contributed by atoms with Crippen LogP contribution in [0.15, 0.2) is 10.5 Å². The van der Waals surface area contributed by atoms with Gasteiger partial charge >= 0.3 is 12.0 Å². The molecule has 0 bridgehead atoms. The fourth-order valence-corrected chi connectivity index (χ4v) is 2.19. The largest absolute Gasteiger partial charge is 0.482 e. The number of nitrogens with one attached hydrogen (secondary N) is 1. The van der Waals surface area contributed by atoms with Gasteiger partial charge in [-0.05, 0) is 13.0 Å². The van der Waals surface area contributed by atoms with E-state index in [1.165, 1.54) is 0 Å². The molecule has 9 heteroatoms. The number of ether oxygens (including phenoxy) is 1. The molecule has 106 valence electrons. The van der Waals surface area contributed by atoms with Gasteiger partial charge in [0.05, 0.1) is 0 Å². The maximum Gasteiger partial charge on any atom is 0.349 e. The van der Waals surface area contributed by atoms with Crippen LogP contribution >= 0.6 is 11.3 Å². The second-order valence-electron chi connectivity index (χ2n) is 3.82. The highest BCUT2D eigenvalue weighted by molar-refractivity contribution is 7.14. The first kappa shape index (κ1) is 14.0. The Hall–Kier alpha value is -2.42. The van der Waals surface area contributed by atoms with E-state index < -0.39 is 11.9 Å². The van der Waals surface area contributed by atoms with Crippen LogP contribution in [0.4, 0.5) is 6.01 Å². The van der Waals surface area contributed by atoms with Gasteiger partial charge in [0.25, 0.3) is 5.91 Å². The Balaban J connectivity index is 1.95. The van der Waals surface area contributed by atoms with Crippen LogP contribution in [0.2, 0.25) is 0 Å². The third-order valence-corrected chi connectivity index (χ3v) is 3.17. The van der Waals surface area contributed by atoms with E-state index in [0.29, 0.717) is 5.89 Å². The number of carboxylic acid groups (broad SMARTS) is 1. The summed E-state index contributed by atoms with van der Waals surface area (Å²) in [7, 11) is 0. The number of anilines is 1. The number of thiophene rings is 1. The Morgan fingerprint density at radius 1 is 1.45 bits per heavy atom. The first-order valence-electron chi connectivity index (χ1n) is 5.52. The summed E-state index contributed by atoms with van der Waals surface area (Å²) in [5, 5.41) is 18.5. The van der Waals surface area contributed by atoms with Crippen molar-refractivity contribution in [1.82, 2.24) is 10.2 Å². The number of nitrogens with zero attached hydrogens (tertiary/aromatic N) is 2. The van der Waals surface area contributed by atoms with Gasteiger partial charge in [-0.15, -0.1) is 16.4 Å². The highest BCUT2D eigenvalue weighted by Gasteiger charge is 2.17. The van der Waals surface area contributed by atoms with E-state index in [0.717, 1.165) is 16.2 Å². The molecule has 0 aromatic carbocycles. The van der Waals surface area contributed by atoms with Crippen molar-refractivity contribution < 1.29 is 23.8 Å². The number of amides is 1. The number of aryl methyl sites for hydroxylation is 2. The molecule has 0 atom stereocenters. The molecule has 0 saturated carbocycles. The molecule has 2 aromatic heterocycles. The number of carbonyl (C=O) groups excluding carboxylic acids is 1. The van der Waals surface area contributed by atoms with Crippen LogP contribution in [-0.2, 0) is 4.79 Å². The van der Waals surface area contributed by atoms with Gasteiger partial charge in [0.2, 0.25) is 5.89 Å². The van der Waals surface area contributed by atoms with Gasteiger partial charge in [0, 0.05) is 11.8 Å². The number of carbonyl (C=O) groups is 2. The summed E-state index contributed by atoms with van der Waals surface area (Å²) in [5.41, 5.74) is 0. The van der Waals surface area contributed by atoms with Crippen LogP contribution in [0.25, 0.3) is 0 Å². The van der Waals surface area contributed by atoms with E-state index in [1.807, 2.05) is 0 Å². The van der Waals surface area contributed by atoms with E-state index in [2.05, 4.69) is 15.5 Å². The Morgan fingerprint density at radius 3 is 2.80 bits per heavy atom. The minimum absolute atomic E-state index is 0.0314. The van der Waals surface area contributed by atoms with Crippen LogP contribution in [-0.4, -0.2) is 33.8 Å². The van der Waals surface area contributed by atoms with E-state index in [1.54, 1.807) is 19.9 Å². The lowest BCUT2D eigenvalue weighted by Crippen LogP contribution is -2.20. The van der Waals surface area contributed by atoms with Crippen molar-refractivity contribution in [2.75, 3.05) is 11.9 Å². The van der Waals surface area contributed by atoms with Crippen molar-refractivity contribution in [3.05, 3.63) is 21.7 Å². The minimum atomic E-state index is -1.09. The van der Waals surface area contributed by atoms with Crippen molar-refractivity contribution in [3.8, 4) is 5.75 Å². The molecule has 2 rings (SSSR count). The summed E-state index contributed by atoms with van der Waals surface area (Å²) >= 11 is 1.08. The smallest absolute Gasteiger partial charge is 0.349 e. The van der Waals surface area contributed by atoms with Gasteiger partial charge in [-0.25, -0.2) is 4.79 Å². The van der Waals surface area contributed by atoms with Crippen molar-refractivity contribution in [2.45, 2.75) is 13.8 Å². The molecule has 2 N–H and O–H groups in total. The third kappa shape index (κ3) is 3.32. The molecule has 0 unspecified atom stereocenters. The van der Waals surface area contributed by atoms with Crippen LogP contribution in [0.3, 0.4) is 0 Å². The number of aromatic nitrogens is 2. The van der Waals surface area contributed by atoms with Gasteiger partial charge in [-0.2, -0.15) is 0 Å². The summed E-state index contributed by atoms with van der Waals surface area (Å²) in [6.45, 7) is 3.00. The SMILES string of the molecule is Cc1nnc(NC(=O)COc2cc(C)sc2C(=O)O)o1. The lowest BCUT2D eigenvalue weighted by atomic mass is 10.4. The summed E-state index contributed by atoms with van der Waals surface area (Å²) in [6.07, 6.45) is 0. The van der Waals surface area contributed by atoms with Crippen molar-refractivity contribution in [1.29, 1.82) is 0 Å². The fourth-order valence-electron chi connectivity index (χ4n) is 1.39. The second kappa shape index (κ2) is 5.70. The molecule has 0 aliphatic rings. The van der Waals surface area contributed by atoms with Gasteiger partial charge in [0.1, 0.15) is 5.75 Å². The van der Waals surface area contributed by atoms with Gasteiger partial charge < -0.3 is 14.3 Å². The molecule has 0 aliphatic heterocycles. The number of rotatable bonds is 5. The van der Waals surface area contributed by atoms with Crippen molar-refractivity contribution in [2.24, 2.45) is 0 Å². The highest BCUT2D eigenvalue weighted by atomic mass is 32.1. The molecule has 8 nitrogen and oxygen atoms in total. The average Bonchev–Trinajstić information content (AvgIpc) is 2.93. The number of carboxylic acids is 1. The molecule has 1 amide bonds. The van der Waals surface area contributed by atoms with Crippen LogP contribution in [0, 0.1) is 13.8 Å². The maximum absolute atomic E-state index is 11.6. The monoisotopic (exact) mass is 297 g/mol. The lowest BCUT2D eigenvalue weighted by Gasteiger charge is -2.04. The summed E-state index contributed by atoms with van der Waals surface area (Å²) < 4.78 is 10.2. The Labute approximate surface area is 117 Å². The van der Waals surface area contributed by atoms with Crippen LogP contribution in [0.1, 0.15) is 20.4 Å². The molecular formula is C11H11N3O5S. The Bertz CT molecular complexity index is 648. The number of aromatic carboxylic acids is 1. The zero-order valence-electron chi connectivity index (χ0n) is 10.7. The van der Waals surface area contributed by atoms with E-state index in [9.17, 15) is 9.59 Å². The topological polar surface area (TPSA) is 115 Å². The number of hydrogen-bond donors (Lipinski definition) is 2. The molecule has 0 saturated heterocycles. The summed E-state index contributed by atoms with van der Waals surface area (Å²) in [6, 6.07) is 1.54. The van der Waals surface area contributed by atoms with E-state index in [-0.39, 0.29) is 23.2 Å². The van der Waals surface area contributed by atoms with Gasteiger partial charge in [-0.1, -0.05) is 5.10 Å². The quantitative estimate of drug-likeness (QED) is 0.858. The third-order valence-electron chi connectivity index (χ3n) is 2.15. The average molecular weight is 297 g/mol. The summed E-state index contributed by atoms with van der Waals surface area (Å²) in [5.74, 6) is -1.13. The molecule has 20 heavy (non-hydrogen) atoms. The maximum atomic E-state index is 11.6. The predicted molar refractivity (Wildman–Crippen MR) is 69.2 cm³/mol. The zero-order valence-corrected chi connectivity index (χ0v) is 11.5. The normalized spacial score (nSPS) is 10.3. The summed E-state index contributed by atoms with van der Waals surface area (Å²) in [4.78, 5) is 23.4. The molecule has 0 fully saturated rings. The van der Waals surface area contributed by atoms with E-state index >= 15 is 0 Å². The van der Waals surface area contributed by atoms with Gasteiger partial charge in [-0.3, -0.25) is 10.1 Å². The minimum Gasteiger partial charge on any atom is -0.482 e. The predicted octanol–water partition coefficient (Wildman–Crippen LogP) is 1.46. The molecule has 2 aromatic rings. The van der Waals surface area contributed by atoms with Crippen LogP contribution < -0.4 is 10.1 Å². The Morgan fingerprint density at radius 2 is 2.20 bits per heavy atom. The molecule has 0 radical (unpaired) electrons. The van der Waals surface area contributed by atoms with Crippen molar-refractivity contribution >= 4 is 29.2 Å².